The van der Waals surface area contributed by atoms with E-state index in [1.54, 1.807) is 0 Å². The summed E-state index contributed by atoms with van der Waals surface area (Å²) in [7, 11) is 0. The van der Waals surface area contributed by atoms with Crippen LogP contribution in [0.4, 0.5) is 0 Å². The van der Waals surface area contributed by atoms with Crippen LogP contribution in [-0.2, 0) is 4.74 Å². The zero-order chi connectivity index (χ0) is 12.8. The second kappa shape index (κ2) is 7.83. The minimum atomic E-state index is 0.784. The Kier molecular flexibility index (Phi) is 6.42. The number of rotatable bonds is 6. The number of alkyl halides is 1. The van der Waals surface area contributed by atoms with Crippen LogP contribution >= 0.6 is 15.9 Å². The molecule has 4 heteroatoms. The van der Waals surface area contributed by atoms with Crippen molar-refractivity contribution in [3.8, 4) is 0 Å². The van der Waals surface area contributed by atoms with Crippen molar-refractivity contribution in [2.75, 3.05) is 51.3 Å². The topological polar surface area (TPSA) is 15.7 Å². The highest BCUT2D eigenvalue weighted by atomic mass is 79.9. The number of likely N-dealkylation sites (tertiary alicyclic amines) is 1. The molecule has 0 spiro atoms. The van der Waals surface area contributed by atoms with Crippen molar-refractivity contribution < 1.29 is 4.74 Å². The molecule has 2 rings (SSSR count). The van der Waals surface area contributed by atoms with Gasteiger partial charge in [-0.25, -0.2) is 0 Å². The van der Waals surface area contributed by atoms with Crippen LogP contribution < -0.4 is 0 Å². The van der Waals surface area contributed by atoms with Crippen LogP contribution in [0.5, 0.6) is 0 Å². The number of nitrogens with zero attached hydrogens (tertiary/aromatic N) is 2. The molecule has 2 heterocycles. The Bertz CT molecular complexity index is 234. The molecule has 2 fully saturated rings. The highest BCUT2D eigenvalue weighted by Crippen LogP contribution is 2.20. The molecule has 2 aliphatic rings. The van der Waals surface area contributed by atoms with Crippen molar-refractivity contribution >= 4 is 15.9 Å². The van der Waals surface area contributed by atoms with E-state index in [-0.39, 0.29) is 0 Å². The van der Waals surface area contributed by atoms with Gasteiger partial charge >= 0.3 is 0 Å². The minimum Gasteiger partial charge on any atom is -0.379 e. The van der Waals surface area contributed by atoms with E-state index in [1.165, 1.54) is 38.9 Å². The molecule has 2 atom stereocenters. The fraction of sp³-hybridized carbons (Fsp3) is 1.00. The predicted octanol–water partition coefficient (Wildman–Crippen LogP) is 2.20. The maximum Gasteiger partial charge on any atom is 0.0594 e. The summed E-state index contributed by atoms with van der Waals surface area (Å²) >= 11 is 3.66. The summed E-state index contributed by atoms with van der Waals surface area (Å²) in [4.78, 5) is 5.30. The zero-order valence-corrected chi connectivity index (χ0v) is 13.2. The van der Waals surface area contributed by atoms with Gasteiger partial charge in [0.15, 0.2) is 0 Å². The Hall–Kier alpha value is 0.360. The van der Waals surface area contributed by atoms with Gasteiger partial charge in [-0.3, -0.25) is 4.90 Å². The Morgan fingerprint density at radius 2 is 2.06 bits per heavy atom. The molecule has 2 aliphatic heterocycles. The van der Waals surface area contributed by atoms with Gasteiger partial charge in [-0.05, 0) is 25.3 Å². The van der Waals surface area contributed by atoms with Crippen LogP contribution in [0.25, 0.3) is 0 Å². The molecular weight excluding hydrogens is 292 g/mol. The molecular formula is C14H27BrN2O. The molecule has 3 nitrogen and oxygen atoms in total. The van der Waals surface area contributed by atoms with E-state index in [0.29, 0.717) is 0 Å². The highest BCUT2D eigenvalue weighted by molar-refractivity contribution is 9.09. The summed E-state index contributed by atoms with van der Waals surface area (Å²) < 4.78 is 5.44. The molecule has 0 aromatic carbocycles. The zero-order valence-electron chi connectivity index (χ0n) is 11.6. The Balaban J connectivity index is 1.73. The molecule has 0 aliphatic carbocycles. The summed E-state index contributed by atoms with van der Waals surface area (Å²) in [5.41, 5.74) is 0. The Morgan fingerprint density at radius 3 is 2.72 bits per heavy atom. The lowest BCUT2D eigenvalue weighted by atomic mass is 10.1. The van der Waals surface area contributed by atoms with E-state index in [0.717, 1.165) is 43.6 Å². The van der Waals surface area contributed by atoms with Crippen LogP contribution in [0.15, 0.2) is 0 Å². The van der Waals surface area contributed by atoms with Gasteiger partial charge in [0.1, 0.15) is 0 Å². The van der Waals surface area contributed by atoms with E-state index in [4.69, 9.17) is 4.74 Å². The lowest BCUT2D eigenvalue weighted by Crippen LogP contribution is -2.45. The molecule has 106 valence electrons. The molecule has 0 bridgehead atoms. The highest BCUT2D eigenvalue weighted by Gasteiger charge is 2.29. The van der Waals surface area contributed by atoms with E-state index < -0.39 is 0 Å². The van der Waals surface area contributed by atoms with Gasteiger partial charge in [-0.15, -0.1) is 0 Å². The number of halogens is 1. The second-order valence-electron chi connectivity index (χ2n) is 5.66. The van der Waals surface area contributed by atoms with E-state index in [9.17, 15) is 0 Å². The largest absolute Gasteiger partial charge is 0.379 e. The van der Waals surface area contributed by atoms with Crippen molar-refractivity contribution in [3.63, 3.8) is 0 Å². The van der Waals surface area contributed by atoms with Crippen LogP contribution in [-0.4, -0.2) is 67.1 Å². The number of hydrogen-bond acceptors (Lipinski definition) is 3. The van der Waals surface area contributed by atoms with Gasteiger partial charge in [0.25, 0.3) is 0 Å². The molecule has 0 amide bonds. The SMILES string of the molecule is CCCC(CBr)CN1CCC(N2CCOCC2)C1. The third kappa shape index (κ3) is 4.19. The first-order chi connectivity index (χ1) is 8.83. The number of hydrogen-bond donors (Lipinski definition) is 0. The summed E-state index contributed by atoms with van der Waals surface area (Å²) in [5.74, 6) is 0.832. The fourth-order valence-electron chi connectivity index (χ4n) is 3.21. The first kappa shape index (κ1) is 14.8. The maximum atomic E-state index is 5.44. The summed E-state index contributed by atoms with van der Waals surface area (Å²) in [6, 6.07) is 0.784. The first-order valence-electron chi connectivity index (χ1n) is 7.43. The van der Waals surface area contributed by atoms with Gasteiger partial charge in [0.2, 0.25) is 0 Å². The van der Waals surface area contributed by atoms with Crippen molar-refractivity contribution in [2.24, 2.45) is 5.92 Å². The van der Waals surface area contributed by atoms with Crippen LogP contribution in [0, 0.1) is 5.92 Å². The number of morpholine rings is 1. The summed E-state index contributed by atoms with van der Waals surface area (Å²) in [5, 5.41) is 1.15. The monoisotopic (exact) mass is 318 g/mol. The van der Waals surface area contributed by atoms with Crippen molar-refractivity contribution in [1.82, 2.24) is 9.80 Å². The predicted molar refractivity (Wildman–Crippen MR) is 79.4 cm³/mol. The van der Waals surface area contributed by atoms with Gasteiger partial charge in [0, 0.05) is 37.6 Å². The molecule has 2 unspecified atom stereocenters. The molecule has 2 saturated heterocycles. The summed E-state index contributed by atoms with van der Waals surface area (Å²) in [6.07, 6.45) is 4.00. The normalized spacial score (nSPS) is 28.7. The standard InChI is InChI=1S/C14H27BrN2O/c1-2-3-13(10-15)11-16-5-4-14(12-16)17-6-8-18-9-7-17/h13-14H,2-12H2,1H3. The second-order valence-corrected chi connectivity index (χ2v) is 6.31. The third-order valence-corrected chi connectivity index (χ3v) is 5.16. The molecule has 18 heavy (non-hydrogen) atoms. The van der Waals surface area contributed by atoms with Crippen molar-refractivity contribution in [1.29, 1.82) is 0 Å². The maximum absolute atomic E-state index is 5.44. The molecule has 0 aromatic rings. The van der Waals surface area contributed by atoms with Crippen LogP contribution in [0.2, 0.25) is 0 Å². The van der Waals surface area contributed by atoms with Crippen LogP contribution in [0.1, 0.15) is 26.2 Å². The number of ether oxygens (including phenoxy) is 1. The average Bonchev–Trinajstić information content (AvgIpc) is 2.88. The minimum absolute atomic E-state index is 0.784. The lowest BCUT2D eigenvalue weighted by molar-refractivity contribution is 0.0183. The third-order valence-electron chi connectivity index (χ3n) is 4.24. The molecule has 0 N–H and O–H groups in total. The summed E-state index contributed by atoms with van der Waals surface area (Å²) in [6.45, 7) is 10.2. The smallest absolute Gasteiger partial charge is 0.0594 e. The van der Waals surface area contributed by atoms with E-state index >= 15 is 0 Å². The first-order valence-corrected chi connectivity index (χ1v) is 8.55. The Morgan fingerprint density at radius 1 is 1.28 bits per heavy atom. The molecule has 0 radical (unpaired) electrons. The van der Waals surface area contributed by atoms with E-state index in [2.05, 4.69) is 32.7 Å². The van der Waals surface area contributed by atoms with E-state index in [1.807, 2.05) is 0 Å². The van der Waals surface area contributed by atoms with Crippen LogP contribution in [0.3, 0.4) is 0 Å². The molecule has 0 saturated carbocycles. The van der Waals surface area contributed by atoms with Crippen molar-refractivity contribution in [2.45, 2.75) is 32.2 Å². The fourth-order valence-corrected chi connectivity index (χ4v) is 3.74. The van der Waals surface area contributed by atoms with Gasteiger partial charge in [-0.1, -0.05) is 29.3 Å². The van der Waals surface area contributed by atoms with Crippen molar-refractivity contribution in [3.05, 3.63) is 0 Å². The lowest BCUT2D eigenvalue weighted by Gasteiger charge is -2.32. The van der Waals surface area contributed by atoms with Gasteiger partial charge < -0.3 is 9.64 Å². The van der Waals surface area contributed by atoms with Gasteiger partial charge in [-0.2, -0.15) is 0 Å². The Labute approximate surface area is 120 Å². The molecule has 0 aromatic heterocycles. The van der Waals surface area contributed by atoms with Gasteiger partial charge in [0.05, 0.1) is 13.2 Å². The average molecular weight is 319 g/mol. The quantitative estimate of drug-likeness (QED) is 0.698.